The van der Waals surface area contributed by atoms with Gasteiger partial charge in [-0.25, -0.2) is 0 Å². The number of ether oxygens (including phenoxy) is 1. The Labute approximate surface area is 131 Å². The van der Waals surface area contributed by atoms with E-state index >= 15 is 0 Å². The lowest BCUT2D eigenvalue weighted by atomic mass is 9.84. The van der Waals surface area contributed by atoms with Crippen LogP contribution in [0.1, 0.15) is 50.0 Å². The van der Waals surface area contributed by atoms with Crippen LogP contribution in [0.25, 0.3) is 0 Å². The summed E-state index contributed by atoms with van der Waals surface area (Å²) in [6.45, 7) is 1.89. The number of halogens is 1. The molecule has 0 unspecified atom stereocenters. The molecule has 0 N–H and O–H groups in total. The second-order valence-electron chi connectivity index (χ2n) is 6.04. The molecule has 0 bridgehead atoms. The molecule has 1 saturated heterocycles. The van der Waals surface area contributed by atoms with E-state index in [1.165, 1.54) is 37.7 Å². The van der Waals surface area contributed by atoms with E-state index in [0.717, 1.165) is 30.3 Å². The van der Waals surface area contributed by atoms with Crippen molar-refractivity contribution in [1.29, 1.82) is 0 Å². The molecule has 1 saturated carbocycles. The Hall–Kier alpha value is -1.22. The molecule has 1 heterocycles. The van der Waals surface area contributed by atoms with Crippen molar-refractivity contribution in [2.24, 2.45) is 0 Å². The first-order valence-corrected chi connectivity index (χ1v) is 8.32. The molecular weight excluding hydrogens is 286 g/mol. The third-order valence-electron chi connectivity index (χ3n) is 4.58. The quantitative estimate of drug-likeness (QED) is 0.841. The van der Waals surface area contributed by atoms with E-state index in [-0.39, 0.29) is 12.5 Å². The highest BCUT2D eigenvalue weighted by molar-refractivity contribution is 6.30. The summed E-state index contributed by atoms with van der Waals surface area (Å²) in [4.78, 5) is 13.8. The zero-order chi connectivity index (χ0) is 14.7. The molecule has 0 spiro atoms. The molecular formula is C17H22ClNO2. The minimum Gasteiger partial charge on any atom is -0.483 e. The van der Waals surface area contributed by atoms with Crippen LogP contribution in [0, 0.1) is 0 Å². The Bertz CT molecular complexity index is 508. The Morgan fingerprint density at radius 2 is 1.95 bits per heavy atom. The van der Waals surface area contributed by atoms with Crippen molar-refractivity contribution in [3.63, 3.8) is 0 Å². The summed E-state index contributed by atoms with van der Waals surface area (Å²) < 4.78 is 5.81. The van der Waals surface area contributed by atoms with Crippen LogP contribution in [-0.2, 0) is 4.79 Å². The highest BCUT2D eigenvalue weighted by Crippen LogP contribution is 2.38. The molecule has 1 aliphatic carbocycles. The molecule has 21 heavy (non-hydrogen) atoms. The van der Waals surface area contributed by atoms with Crippen molar-refractivity contribution in [2.45, 2.75) is 44.4 Å². The van der Waals surface area contributed by atoms with Gasteiger partial charge in [0.2, 0.25) is 0 Å². The van der Waals surface area contributed by atoms with Crippen LogP contribution in [0.2, 0.25) is 5.02 Å². The minimum atomic E-state index is 0.0887. The summed E-state index contributed by atoms with van der Waals surface area (Å²) in [5.74, 6) is 1.44. The molecule has 0 atom stereocenters. The van der Waals surface area contributed by atoms with Crippen LogP contribution in [0.3, 0.4) is 0 Å². The molecule has 3 rings (SSSR count). The van der Waals surface area contributed by atoms with Gasteiger partial charge in [-0.1, -0.05) is 30.9 Å². The summed E-state index contributed by atoms with van der Waals surface area (Å²) in [5, 5.41) is 0.747. The van der Waals surface area contributed by atoms with Crippen molar-refractivity contribution in [3.8, 4) is 5.75 Å². The Kier molecular flexibility index (Phi) is 4.69. The number of hydrogen-bond acceptors (Lipinski definition) is 2. The van der Waals surface area contributed by atoms with Gasteiger partial charge in [0.15, 0.2) is 6.61 Å². The van der Waals surface area contributed by atoms with Gasteiger partial charge in [-0.3, -0.25) is 4.79 Å². The molecule has 4 heteroatoms. The normalized spacial score (nSPS) is 19.2. The SMILES string of the molecule is O=C(COc1ccc(Cl)cc1C1CCCCC1)N1CCC1. The van der Waals surface area contributed by atoms with E-state index in [0.29, 0.717) is 5.92 Å². The fourth-order valence-electron chi connectivity index (χ4n) is 3.18. The number of carbonyl (C=O) groups is 1. The van der Waals surface area contributed by atoms with Gasteiger partial charge in [-0.2, -0.15) is 0 Å². The molecule has 0 radical (unpaired) electrons. The van der Waals surface area contributed by atoms with Crippen molar-refractivity contribution >= 4 is 17.5 Å². The fraction of sp³-hybridized carbons (Fsp3) is 0.588. The maximum absolute atomic E-state index is 11.9. The van der Waals surface area contributed by atoms with Crippen LogP contribution >= 0.6 is 11.6 Å². The summed E-state index contributed by atoms with van der Waals surface area (Å²) >= 11 is 6.15. The van der Waals surface area contributed by atoms with Crippen molar-refractivity contribution < 1.29 is 9.53 Å². The number of carbonyl (C=O) groups excluding carboxylic acids is 1. The molecule has 1 aromatic rings. The van der Waals surface area contributed by atoms with Crippen LogP contribution in [0.4, 0.5) is 0 Å². The van der Waals surface area contributed by atoms with E-state index in [1.807, 2.05) is 23.1 Å². The summed E-state index contributed by atoms with van der Waals surface area (Å²) in [6.07, 6.45) is 7.35. The summed E-state index contributed by atoms with van der Waals surface area (Å²) in [5.41, 5.74) is 1.18. The fourth-order valence-corrected chi connectivity index (χ4v) is 3.36. The lowest BCUT2D eigenvalue weighted by Gasteiger charge is -2.31. The molecule has 1 aliphatic heterocycles. The van der Waals surface area contributed by atoms with Crippen molar-refractivity contribution in [2.75, 3.05) is 19.7 Å². The van der Waals surface area contributed by atoms with Crippen LogP contribution in [0.5, 0.6) is 5.75 Å². The third-order valence-corrected chi connectivity index (χ3v) is 4.81. The maximum atomic E-state index is 11.9. The van der Waals surface area contributed by atoms with E-state index < -0.39 is 0 Å². The first-order valence-electron chi connectivity index (χ1n) is 7.94. The second kappa shape index (κ2) is 6.69. The molecule has 1 amide bonds. The predicted molar refractivity (Wildman–Crippen MR) is 84.0 cm³/mol. The van der Waals surface area contributed by atoms with E-state index in [4.69, 9.17) is 16.3 Å². The summed E-state index contributed by atoms with van der Waals surface area (Å²) in [6, 6.07) is 5.77. The van der Waals surface area contributed by atoms with E-state index in [9.17, 15) is 4.79 Å². The zero-order valence-corrected chi connectivity index (χ0v) is 13.1. The highest BCUT2D eigenvalue weighted by Gasteiger charge is 2.23. The maximum Gasteiger partial charge on any atom is 0.260 e. The number of benzene rings is 1. The Morgan fingerprint density at radius 1 is 1.19 bits per heavy atom. The van der Waals surface area contributed by atoms with E-state index in [2.05, 4.69) is 0 Å². The largest absolute Gasteiger partial charge is 0.483 e. The smallest absolute Gasteiger partial charge is 0.260 e. The van der Waals surface area contributed by atoms with Gasteiger partial charge in [-0.05, 0) is 48.9 Å². The van der Waals surface area contributed by atoms with E-state index in [1.54, 1.807) is 0 Å². The minimum absolute atomic E-state index is 0.0887. The lowest BCUT2D eigenvalue weighted by Crippen LogP contribution is -2.44. The van der Waals surface area contributed by atoms with Gasteiger partial charge >= 0.3 is 0 Å². The zero-order valence-electron chi connectivity index (χ0n) is 12.3. The molecule has 2 fully saturated rings. The standard InChI is InChI=1S/C17H22ClNO2/c18-14-7-8-16(21-12-17(20)19-9-4-10-19)15(11-14)13-5-2-1-3-6-13/h7-8,11,13H,1-6,9-10,12H2. The highest BCUT2D eigenvalue weighted by atomic mass is 35.5. The van der Waals surface area contributed by atoms with Gasteiger partial charge in [0, 0.05) is 18.1 Å². The Balaban J connectivity index is 1.69. The molecule has 0 aromatic heterocycles. The Morgan fingerprint density at radius 3 is 2.62 bits per heavy atom. The van der Waals surface area contributed by atoms with Gasteiger partial charge in [0.05, 0.1) is 0 Å². The average molecular weight is 308 g/mol. The van der Waals surface area contributed by atoms with Crippen molar-refractivity contribution in [3.05, 3.63) is 28.8 Å². The van der Waals surface area contributed by atoms with Crippen LogP contribution < -0.4 is 4.74 Å². The first-order chi connectivity index (χ1) is 10.2. The number of nitrogens with zero attached hydrogens (tertiary/aromatic N) is 1. The number of amides is 1. The molecule has 114 valence electrons. The number of likely N-dealkylation sites (tertiary alicyclic amines) is 1. The predicted octanol–water partition coefficient (Wildman–Crippen LogP) is 4.00. The van der Waals surface area contributed by atoms with Gasteiger partial charge < -0.3 is 9.64 Å². The molecule has 1 aromatic carbocycles. The molecule has 3 nitrogen and oxygen atoms in total. The number of rotatable bonds is 4. The van der Waals surface area contributed by atoms with Crippen LogP contribution in [0.15, 0.2) is 18.2 Å². The van der Waals surface area contributed by atoms with Crippen molar-refractivity contribution in [1.82, 2.24) is 4.90 Å². The lowest BCUT2D eigenvalue weighted by molar-refractivity contribution is -0.136. The number of hydrogen-bond donors (Lipinski definition) is 0. The van der Waals surface area contributed by atoms with Gasteiger partial charge in [0.1, 0.15) is 5.75 Å². The van der Waals surface area contributed by atoms with Gasteiger partial charge in [-0.15, -0.1) is 0 Å². The third kappa shape index (κ3) is 3.52. The topological polar surface area (TPSA) is 29.5 Å². The second-order valence-corrected chi connectivity index (χ2v) is 6.48. The monoisotopic (exact) mass is 307 g/mol. The van der Waals surface area contributed by atoms with Crippen LogP contribution in [-0.4, -0.2) is 30.5 Å². The first kappa shape index (κ1) is 14.7. The summed E-state index contributed by atoms with van der Waals surface area (Å²) in [7, 11) is 0. The van der Waals surface area contributed by atoms with Gasteiger partial charge in [0.25, 0.3) is 5.91 Å². The molecule has 2 aliphatic rings. The average Bonchev–Trinajstić information content (AvgIpc) is 2.45.